The van der Waals surface area contributed by atoms with Crippen LogP contribution in [0.3, 0.4) is 0 Å². The molecule has 0 bridgehead atoms. The second-order valence-corrected chi connectivity index (χ2v) is 4.93. The lowest BCUT2D eigenvalue weighted by Gasteiger charge is -2.31. The van der Waals surface area contributed by atoms with Crippen LogP contribution in [0.1, 0.15) is 30.6 Å². The minimum absolute atomic E-state index is 0.157. The third kappa shape index (κ3) is 1.74. The van der Waals surface area contributed by atoms with Crippen LogP contribution >= 0.6 is 11.3 Å². The second kappa shape index (κ2) is 3.47. The number of halogens is 1. The summed E-state index contributed by atoms with van der Waals surface area (Å²) in [5.74, 6) is 0. The monoisotopic (exact) mass is 215 g/mol. The Hall–Kier alpha value is -0.680. The van der Waals surface area contributed by atoms with Gasteiger partial charge in [-0.3, -0.25) is 0 Å². The van der Waals surface area contributed by atoms with Crippen molar-refractivity contribution in [3.8, 4) is 0 Å². The van der Waals surface area contributed by atoms with Crippen molar-refractivity contribution in [2.24, 2.45) is 5.73 Å². The summed E-state index contributed by atoms with van der Waals surface area (Å²) in [5, 5.41) is 0.437. The van der Waals surface area contributed by atoms with Crippen LogP contribution in [-0.2, 0) is 5.67 Å². The van der Waals surface area contributed by atoms with E-state index in [1.165, 1.54) is 11.3 Å². The molecule has 14 heavy (non-hydrogen) atoms. The first-order valence-electron chi connectivity index (χ1n) is 4.76. The largest absolute Gasteiger partial charge is 0.375 e. The van der Waals surface area contributed by atoms with Crippen LogP contribution in [0, 0.1) is 0 Å². The van der Waals surface area contributed by atoms with Crippen molar-refractivity contribution < 1.29 is 4.39 Å². The van der Waals surface area contributed by atoms with Gasteiger partial charge >= 0.3 is 0 Å². The van der Waals surface area contributed by atoms with Crippen molar-refractivity contribution in [2.75, 3.05) is 5.73 Å². The Kier molecular flexibility index (Phi) is 2.45. The number of hydrogen-bond acceptors (Lipinski definition) is 4. The van der Waals surface area contributed by atoms with Gasteiger partial charge in [-0.05, 0) is 25.7 Å². The quantitative estimate of drug-likeness (QED) is 0.750. The molecule has 1 aromatic rings. The van der Waals surface area contributed by atoms with Crippen molar-refractivity contribution in [1.82, 2.24) is 4.98 Å². The van der Waals surface area contributed by atoms with Crippen molar-refractivity contribution in [3.63, 3.8) is 0 Å². The number of rotatable bonds is 1. The first-order chi connectivity index (χ1) is 6.60. The maximum absolute atomic E-state index is 14.4. The average Bonchev–Trinajstić information content (AvgIpc) is 2.58. The zero-order chi connectivity index (χ0) is 10.2. The first kappa shape index (κ1) is 9.86. The van der Waals surface area contributed by atoms with Crippen LogP contribution in [0.2, 0.25) is 0 Å². The average molecular weight is 215 g/mol. The van der Waals surface area contributed by atoms with Crippen molar-refractivity contribution in [1.29, 1.82) is 0 Å². The molecule has 1 heterocycles. The molecule has 1 aromatic heterocycles. The van der Waals surface area contributed by atoms with Gasteiger partial charge in [-0.2, -0.15) is 0 Å². The molecule has 0 aliphatic heterocycles. The summed E-state index contributed by atoms with van der Waals surface area (Å²) in [7, 11) is 0. The zero-order valence-electron chi connectivity index (χ0n) is 7.87. The smallest absolute Gasteiger partial charge is 0.180 e. The van der Waals surface area contributed by atoms with Crippen molar-refractivity contribution in [2.45, 2.75) is 37.4 Å². The number of nitrogen functional groups attached to an aromatic ring is 1. The van der Waals surface area contributed by atoms with E-state index in [1.54, 1.807) is 6.20 Å². The molecule has 0 saturated heterocycles. The van der Waals surface area contributed by atoms with E-state index < -0.39 is 5.67 Å². The highest BCUT2D eigenvalue weighted by Crippen LogP contribution is 2.42. The predicted molar refractivity (Wildman–Crippen MR) is 55.8 cm³/mol. The third-order valence-corrected chi connectivity index (χ3v) is 3.79. The van der Waals surface area contributed by atoms with Gasteiger partial charge in [-0.25, -0.2) is 9.37 Å². The van der Waals surface area contributed by atoms with Crippen LogP contribution < -0.4 is 11.5 Å². The Morgan fingerprint density at radius 2 is 2.14 bits per heavy atom. The molecule has 1 aliphatic carbocycles. The number of anilines is 1. The Bertz CT molecular complexity index is 318. The summed E-state index contributed by atoms with van der Waals surface area (Å²) in [5.41, 5.74) is 9.99. The van der Waals surface area contributed by atoms with Crippen LogP contribution in [0.15, 0.2) is 6.20 Å². The molecule has 1 fully saturated rings. The normalized spacial score (nSPS) is 33.1. The minimum Gasteiger partial charge on any atom is -0.375 e. The molecule has 0 atom stereocenters. The lowest BCUT2D eigenvalue weighted by atomic mass is 9.83. The third-order valence-electron chi connectivity index (χ3n) is 2.79. The van der Waals surface area contributed by atoms with Gasteiger partial charge in [0, 0.05) is 12.2 Å². The Morgan fingerprint density at radius 1 is 1.50 bits per heavy atom. The van der Waals surface area contributed by atoms with Gasteiger partial charge in [0.15, 0.2) is 5.13 Å². The molecular formula is C9H14FN3S. The summed E-state index contributed by atoms with van der Waals surface area (Å²) >= 11 is 1.25. The van der Waals surface area contributed by atoms with Gasteiger partial charge < -0.3 is 11.5 Å². The second-order valence-electron chi connectivity index (χ2n) is 3.87. The highest BCUT2D eigenvalue weighted by molar-refractivity contribution is 7.15. The molecule has 5 heteroatoms. The molecule has 4 N–H and O–H groups in total. The Labute approximate surface area is 86.3 Å². The van der Waals surface area contributed by atoms with Gasteiger partial charge in [0.05, 0.1) is 4.88 Å². The van der Waals surface area contributed by atoms with Gasteiger partial charge in [0.2, 0.25) is 0 Å². The molecule has 1 aliphatic rings. The lowest BCUT2D eigenvalue weighted by Crippen LogP contribution is -2.33. The highest BCUT2D eigenvalue weighted by Gasteiger charge is 2.37. The number of hydrogen-bond donors (Lipinski definition) is 2. The number of nitrogens with two attached hydrogens (primary N) is 2. The van der Waals surface area contributed by atoms with E-state index in [1.807, 2.05) is 0 Å². The summed E-state index contributed by atoms with van der Waals surface area (Å²) in [6.07, 6.45) is 4.03. The fourth-order valence-corrected chi connectivity index (χ4v) is 2.66. The SMILES string of the molecule is Nc1ncc(C2(F)CCC(N)CC2)s1. The van der Waals surface area contributed by atoms with Crippen molar-refractivity contribution in [3.05, 3.63) is 11.1 Å². The molecule has 0 unspecified atom stereocenters. The fraction of sp³-hybridized carbons (Fsp3) is 0.667. The number of nitrogens with zero attached hydrogens (tertiary/aromatic N) is 1. The van der Waals surface area contributed by atoms with E-state index in [0.29, 0.717) is 22.9 Å². The lowest BCUT2D eigenvalue weighted by molar-refractivity contribution is 0.102. The molecule has 0 aromatic carbocycles. The molecule has 1 saturated carbocycles. The molecular weight excluding hydrogens is 201 g/mol. The maximum atomic E-state index is 14.4. The van der Waals surface area contributed by atoms with E-state index >= 15 is 0 Å². The van der Waals surface area contributed by atoms with Gasteiger partial charge in [-0.15, -0.1) is 0 Å². The first-order valence-corrected chi connectivity index (χ1v) is 5.58. The van der Waals surface area contributed by atoms with Crippen LogP contribution in [0.4, 0.5) is 9.52 Å². The molecule has 2 rings (SSSR count). The summed E-state index contributed by atoms with van der Waals surface area (Å²) in [4.78, 5) is 4.54. The van der Waals surface area contributed by atoms with E-state index in [-0.39, 0.29) is 6.04 Å². The summed E-state index contributed by atoms with van der Waals surface area (Å²) < 4.78 is 14.4. The van der Waals surface area contributed by atoms with Gasteiger partial charge in [-0.1, -0.05) is 11.3 Å². The highest BCUT2D eigenvalue weighted by atomic mass is 32.1. The number of thiazole rings is 1. The summed E-state index contributed by atoms with van der Waals surface area (Å²) in [6.45, 7) is 0. The van der Waals surface area contributed by atoms with Crippen LogP contribution in [0.25, 0.3) is 0 Å². The van der Waals surface area contributed by atoms with E-state index in [9.17, 15) is 4.39 Å². The van der Waals surface area contributed by atoms with Crippen LogP contribution in [0.5, 0.6) is 0 Å². The van der Waals surface area contributed by atoms with E-state index in [0.717, 1.165) is 12.8 Å². The molecule has 0 radical (unpaired) electrons. The predicted octanol–water partition coefficient (Wildman–Crippen LogP) is 1.79. The molecule has 0 spiro atoms. The maximum Gasteiger partial charge on any atom is 0.180 e. The molecule has 78 valence electrons. The topological polar surface area (TPSA) is 64.9 Å². The minimum atomic E-state index is -1.23. The molecule has 3 nitrogen and oxygen atoms in total. The fourth-order valence-electron chi connectivity index (χ4n) is 1.84. The number of aromatic nitrogens is 1. The molecule has 0 amide bonds. The standard InChI is InChI=1S/C9H14FN3S/c10-9(3-1-6(11)2-4-9)7-5-13-8(12)14-7/h5-6H,1-4,11H2,(H2,12,13). The number of alkyl halides is 1. The zero-order valence-corrected chi connectivity index (χ0v) is 8.69. The van der Waals surface area contributed by atoms with Gasteiger partial charge in [0.1, 0.15) is 5.67 Å². The Morgan fingerprint density at radius 3 is 2.64 bits per heavy atom. The van der Waals surface area contributed by atoms with Crippen LogP contribution in [-0.4, -0.2) is 11.0 Å². The van der Waals surface area contributed by atoms with Crippen molar-refractivity contribution >= 4 is 16.5 Å². The van der Waals surface area contributed by atoms with E-state index in [4.69, 9.17) is 11.5 Å². The van der Waals surface area contributed by atoms with E-state index in [2.05, 4.69) is 4.98 Å². The summed E-state index contributed by atoms with van der Waals surface area (Å²) in [6, 6.07) is 0.157. The Balaban J connectivity index is 2.16. The van der Waals surface area contributed by atoms with Gasteiger partial charge in [0.25, 0.3) is 0 Å².